The summed E-state index contributed by atoms with van der Waals surface area (Å²) in [6, 6.07) is 7.88. The Kier molecular flexibility index (Phi) is 4.55. The second-order valence-electron chi connectivity index (χ2n) is 5.89. The van der Waals surface area contributed by atoms with Crippen LogP contribution in [0.1, 0.15) is 36.2 Å². The van der Waals surface area contributed by atoms with E-state index in [1.165, 1.54) is 4.90 Å². The highest BCUT2D eigenvalue weighted by molar-refractivity contribution is 5.91. The standard InChI is InChI=1S/C16H22N2O2/c1-11-6-5-7-14(8-11)16(19)20-17-15-9-13(3)18(4)10-12(15)2/h5-8,12-13H,9-10H2,1-4H3/p+1/b17-15-/t12-,13+/m0/s1. The van der Waals surface area contributed by atoms with Crippen molar-refractivity contribution in [3.8, 4) is 0 Å². The normalized spacial score (nSPS) is 28.4. The van der Waals surface area contributed by atoms with Crippen LogP contribution in [-0.2, 0) is 4.84 Å². The molecule has 20 heavy (non-hydrogen) atoms. The van der Waals surface area contributed by atoms with Gasteiger partial charge < -0.3 is 9.74 Å². The fourth-order valence-corrected chi connectivity index (χ4v) is 2.54. The van der Waals surface area contributed by atoms with Gasteiger partial charge in [-0.3, -0.25) is 0 Å². The number of piperidine rings is 1. The molecule has 0 spiro atoms. The maximum Gasteiger partial charge on any atom is 0.365 e. The molecule has 4 nitrogen and oxygen atoms in total. The van der Waals surface area contributed by atoms with Crippen LogP contribution >= 0.6 is 0 Å². The van der Waals surface area contributed by atoms with Crippen molar-refractivity contribution in [1.29, 1.82) is 0 Å². The highest BCUT2D eigenvalue weighted by Gasteiger charge is 2.29. The molecule has 1 unspecified atom stereocenters. The van der Waals surface area contributed by atoms with Crippen LogP contribution in [0.15, 0.2) is 29.4 Å². The number of carbonyl (C=O) groups is 1. The zero-order valence-electron chi connectivity index (χ0n) is 12.6. The third-order valence-corrected chi connectivity index (χ3v) is 4.05. The lowest BCUT2D eigenvalue weighted by atomic mass is 9.93. The van der Waals surface area contributed by atoms with Gasteiger partial charge in [0.25, 0.3) is 0 Å². The Bertz CT molecular complexity index is 525. The third-order valence-electron chi connectivity index (χ3n) is 4.05. The quantitative estimate of drug-likeness (QED) is 0.656. The van der Waals surface area contributed by atoms with E-state index in [1.54, 1.807) is 6.07 Å². The Hall–Kier alpha value is -1.68. The molecular weight excluding hydrogens is 252 g/mol. The predicted octanol–water partition coefficient (Wildman–Crippen LogP) is 1.45. The zero-order valence-corrected chi connectivity index (χ0v) is 12.6. The van der Waals surface area contributed by atoms with Crippen molar-refractivity contribution in [2.24, 2.45) is 11.1 Å². The summed E-state index contributed by atoms with van der Waals surface area (Å²) in [5, 5.41) is 4.11. The third kappa shape index (κ3) is 3.45. The molecule has 1 aromatic rings. The molecule has 1 fully saturated rings. The van der Waals surface area contributed by atoms with E-state index in [2.05, 4.69) is 26.1 Å². The van der Waals surface area contributed by atoms with Gasteiger partial charge in [0, 0.05) is 12.3 Å². The lowest BCUT2D eigenvalue weighted by Crippen LogP contribution is -3.14. The van der Waals surface area contributed by atoms with E-state index < -0.39 is 0 Å². The number of aryl methyl sites for hydroxylation is 1. The minimum atomic E-state index is -0.382. The summed E-state index contributed by atoms with van der Waals surface area (Å²) in [5.74, 6) is -0.0242. The van der Waals surface area contributed by atoms with Crippen LogP contribution in [0.5, 0.6) is 0 Å². The number of hydrogen-bond donors (Lipinski definition) is 1. The molecule has 0 aliphatic carbocycles. The molecule has 4 heteroatoms. The summed E-state index contributed by atoms with van der Waals surface area (Å²) in [5.41, 5.74) is 2.58. The smallest absolute Gasteiger partial charge is 0.334 e. The number of nitrogens with zero attached hydrogens (tertiary/aromatic N) is 1. The lowest BCUT2D eigenvalue weighted by Gasteiger charge is -2.31. The van der Waals surface area contributed by atoms with Crippen LogP contribution in [-0.4, -0.2) is 31.3 Å². The topological polar surface area (TPSA) is 43.1 Å². The van der Waals surface area contributed by atoms with Crippen LogP contribution in [0.3, 0.4) is 0 Å². The fourth-order valence-electron chi connectivity index (χ4n) is 2.54. The van der Waals surface area contributed by atoms with Crippen molar-refractivity contribution >= 4 is 11.7 Å². The molecule has 2 rings (SSSR count). The second-order valence-corrected chi connectivity index (χ2v) is 5.89. The van der Waals surface area contributed by atoms with E-state index in [1.807, 2.05) is 25.1 Å². The summed E-state index contributed by atoms with van der Waals surface area (Å²) in [6.07, 6.45) is 0.883. The second kappa shape index (κ2) is 6.18. The Morgan fingerprint density at radius 3 is 2.85 bits per heavy atom. The van der Waals surface area contributed by atoms with E-state index in [0.717, 1.165) is 24.2 Å². The molecule has 1 N–H and O–H groups in total. The first kappa shape index (κ1) is 14.7. The first-order chi connectivity index (χ1) is 9.47. The van der Waals surface area contributed by atoms with Crippen molar-refractivity contribution in [2.75, 3.05) is 13.6 Å². The van der Waals surface area contributed by atoms with Crippen LogP contribution < -0.4 is 4.90 Å². The minimum absolute atomic E-state index is 0.358. The molecule has 108 valence electrons. The highest BCUT2D eigenvalue weighted by atomic mass is 16.7. The highest BCUT2D eigenvalue weighted by Crippen LogP contribution is 2.10. The van der Waals surface area contributed by atoms with E-state index in [9.17, 15) is 4.79 Å². The van der Waals surface area contributed by atoms with Gasteiger partial charge in [-0.2, -0.15) is 0 Å². The molecule has 1 aliphatic heterocycles. The summed E-state index contributed by atoms with van der Waals surface area (Å²) in [7, 11) is 2.19. The van der Waals surface area contributed by atoms with Crippen molar-refractivity contribution in [2.45, 2.75) is 33.2 Å². The van der Waals surface area contributed by atoms with E-state index in [-0.39, 0.29) is 5.97 Å². The summed E-state index contributed by atoms with van der Waals surface area (Å²) >= 11 is 0. The number of hydrogen-bond acceptors (Lipinski definition) is 3. The number of benzene rings is 1. The maximum atomic E-state index is 12.0. The molecular formula is C16H23N2O2+. The first-order valence-corrected chi connectivity index (χ1v) is 7.14. The van der Waals surface area contributed by atoms with Gasteiger partial charge in [0.1, 0.15) is 0 Å². The van der Waals surface area contributed by atoms with Crippen molar-refractivity contribution in [3.05, 3.63) is 35.4 Å². The number of rotatable bonds is 2. The van der Waals surface area contributed by atoms with Gasteiger partial charge in [-0.1, -0.05) is 29.8 Å². The van der Waals surface area contributed by atoms with Gasteiger partial charge in [0.15, 0.2) is 0 Å². The Morgan fingerprint density at radius 2 is 2.15 bits per heavy atom. The molecule has 1 aromatic carbocycles. The molecule has 0 aromatic heterocycles. The van der Waals surface area contributed by atoms with Crippen LogP contribution in [0.2, 0.25) is 0 Å². The number of likely N-dealkylation sites (tertiary alicyclic amines) is 1. The van der Waals surface area contributed by atoms with Crippen molar-refractivity contribution in [1.82, 2.24) is 0 Å². The average molecular weight is 275 g/mol. The lowest BCUT2D eigenvalue weighted by molar-refractivity contribution is -0.908. The Labute approximate surface area is 120 Å². The molecule has 0 bridgehead atoms. The SMILES string of the molecule is Cc1cccc(C(=O)O/N=C2/C[C@@H](C)[NH+](C)C[C@@H]2C)c1. The minimum Gasteiger partial charge on any atom is -0.334 e. The monoisotopic (exact) mass is 275 g/mol. The molecule has 3 atom stereocenters. The van der Waals surface area contributed by atoms with Gasteiger partial charge >= 0.3 is 5.97 Å². The van der Waals surface area contributed by atoms with Gasteiger partial charge in [-0.05, 0) is 26.0 Å². The Balaban J connectivity index is 2.03. The van der Waals surface area contributed by atoms with Gasteiger partial charge in [-0.25, -0.2) is 4.79 Å². The van der Waals surface area contributed by atoms with E-state index in [0.29, 0.717) is 17.5 Å². The molecule has 0 radical (unpaired) electrons. The molecule has 0 amide bonds. The molecule has 1 aliphatic rings. The predicted molar refractivity (Wildman–Crippen MR) is 79.0 cm³/mol. The summed E-state index contributed by atoms with van der Waals surface area (Å²) in [6.45, 7) is 7.31. The summed E-state index contributed by atoms with van der Waals surface area (Å²) in [4.78, 5) is 18.6. The first-order valence-electron chi connectivity index (χ1n) is 7.14. The van der Waals surface area contributed by atoms with Crippen molar-refractivity contribution in [3.63, 3.8) is 0 Å². The fraction of sp³-hybridized carbons (Fsp3) is 0.500. The van der Waals surface area contributed by atoms with Gasteiger partial charge in [0.2, 0.25) is 0 Å². The molecule has 1 heterocycles. The number of quaternary nitrogens is 1. The number of oxime groups is 1. The maximum absolute atomic E-state index is 12.0. The molecule has 1 saturated heterocycles. The van der Waals surface area contributed by atoms with Crippen LogP contribution in [0, 0.1) is 12.8 Å². The van der Waals surface area contributed by atoms with E-state index >= 15 is 0 Å². The zero-order chi connectivity index (χ0) is 14.7. The number of nitrogens with one attached hydrogen (secondary N) is 1. The summed E-state index contributed by atoms with van der Waals surface area (Å²) < 4.78 is 0. The van der Waals surface area contributed by atoms with Crippen LogP contribution in [0.4, 0.5) is 0 Å². The molecule has 0 saturated carbocycles. The van der Waals surface area contributed by atoms with Gasteiger partial charge in [0.05, 0.1) is 30.9 Å². The van der Waals surface area contributed by atoms with Gasteiger partial charge in [-0.15, -0.1) is 0 Å². The largest absolute Gasteiger partial charge is 0.365 e. The van der Waals surface area contributed by atoms with Crippen molar-refractivity contribution < 1.29 is 14.5 Å². The Morgan fingerprint density at radius 1 is 1.40 bits per heavy atom. The van der Waals surface area contributed by atoms with E-state index in [4.69, 9.17) is 4.84 Å². The number of carbonyl (C=O) groups excluding carboxylic acids is 1. The van der Waals surface area contributed by atoms with Crippen LogP contribution in [0.25, 0.3) is 0 Å². The average Bonchev–Trinajstić information content (AvgIpc) is 2.41.